The van der Waals surface area contributed by atoms with Gasteiger partial charge in [0.1, 0.15) is 0 Å². The molecule has 3 rings (SSSR count). The van der Waals surface area contributed by atoms with Gasteiger partial charge in [-0.2, -0.15) is 5.10 Å². The van der Waals surface area contributed by atoms with Gasteiger partial charge in [0.2, 0.25) is 0 Å². The summed E-state index contributed by atoms with van der Waals surface area (Å²) in [5.41, 5.74) is 4.63. The van der Waals surface area contributed by atoms with Gasteiger partial charge >= 0.3 is 0 Å². The van der Waals surface area contributed by atoms with E-state index in [4.69, 9.17) is 4.74 Å². The molecule has 1 N–H and O–H groups in total. The van der Waals surface area contributed by atoms with Gasteiger partial charge in [-0.15, -0.1) is 0 Å². The maximum atomic E-state index is 5.64. The van der Waals surface area contributed by atoms with E-state index in [1.54, 1.807) is 0 Å². The topological polar surface area (TPSA) is 54.0 Å². The number of nitrogens with one attached hydrogen (secondary N) is 1. The highest BCUT2D eigenvalue weighted by Gasteiger charge is 2.27. The Kier molecular flexibility index (Phi) is 3.80. The van der Waals surface area contributed by atoms with Gasteiger partial charge in [-0.05, 0) is 31.0 Å². The number of rotatable bonds is 3. The number of aromatic amines is 1. The summed E-state index contributed by atoms with van der Waals surface area (Å²) < 4.78 is 5.64. The fourth-order valence-corrected chi connectivity index (χ4v) is 2.61. The van der Waals surface area contributed by atoms with Crippen LogP contribution in [0.25, 0.3) is 0 Å². The van der Waals surface area contributed by atoms with Crippen molar-refractivity contribution in [1.29, 1.82) is 0 Å². The Morgan fingerprint density at radius 1 is 1.35 bits per heavy atom. The molecule has 3 heterocycles. The molecule has 1 fully saturated rings. The first-order chi connectivity index (χ1) is 9.74. The normalized spacial score (nSPS) is 20.2. The number of H-pyrrole nitrogens is 1. The highest BCUT2D eigenvalue weighted by Crippen LogP contribution is 2.26. The second-order valence-corrected chi connectivity index (χ2v) is 5.34. The molecule has 5 nitrogen and oxygen atoms in total. The first-order valence-corrected chi connectivity index (χ1v) is 6.97. The molecular formula is C15H20N4O. The fraction of sp³-hybridized carbons (Fsp3) is 0.467. The van der Waals surface area contributed by atoms with E-state index in [2.05, 4.69) is 39.1 Å². The molecule has 1 aliphatic heterocycles. The Labute approximate surface area is 119 Å². The van der Waals surface area contributed by atoms with Crippen LogP contribution in [-0.4, -0.2) is 39.8 Å². The van der Waals surface area contributed by atoms with E-state index in [1.807, 2.05) is 19.3 Å². The number of ether oxygens (including phenoxy) is 1. The van der Waals surface area contributed by atoms with Crippen molar-refractivity contribution in [2.75, 3.05) is 19.8 Å². The molecule has 1 saturated heterocycles. The number of aryl methyl sites for hydroxylation is 2. The summed E-state index contributed by atoms with van der Waals surface area (Å²) in [6.45, 7) is 7.40. The van der Waals surface area contributed by atoms with Gasteiger partial charge in [0.05, 0.1) is 31.1 Å². The highest BCUT2D eigenvalue weighted by molar-refractivity contribution is 5.20. The zero-order valence-electron chi connectivity index (χ0n) is 12.0. The van der Waals surface area contributed by atoms with Crippen LogP contribution in [0.5, 0.6) is 0 Å². The highest BCUT2D eigenvalue weighted by atomic mass is 16.5. The van der Waals surface area contributed by atoms with E-state index in [9.17, 15) is 0 Å². The van der Waals surface area contributed by atoms with Crippen molar-refractivity contribution in [2.45, 2.75) is 26.4 Å². The van der Waals surface area contributed by atoms with Crippen LogP contribution in [0.2, 0.25) is 0 Å². The van der Waals surface area contributed by atoms with E-state index < -0.39 is 0 Å². The molecular weight excluding hydrogens is 252 g/mol. The van der Waals surface area contributed by atoms with Crippen molar-refractivity contribution in [2.24, 2.45) is 0 Å². The first-order valence-electron chi connectivity index (χ1n) is 6.97. The molecule has 20 heavy (non-hydrogen) atoms. The Bertz CT molecular complexity index is 564. The average Bonchev–Trinajstić information content (AvgIpc) is 2.88. The van der Waals surface area contributed by atoms with Crippen molar-refractivity contribution < 1.29 is 4.74 Å². The zero-order valence-corrected chi connectivity index (χ0v) is 12.0. The molecule has 0 saturated carbocycles. The summed E-state index contributed by atoms with van der Waals surface area (Å²) in [6.07, 6.45) is 3.83. The lowest BCUT2D eigenvalue weighted by molar-refractivity contribution is -0.0145. The third-order valence-electron chi connectivity index (χ3n) is 3.80. The monoisotopic (exact) mass is 272 g/mol. The molecule has 106 valence electrons. The molecule has 1 aliphatic rings. The Morgan fingerprint density at radius 2 is 2.25 bits per heavy atom. The molecule has 2 aromatic rings. The second kappa shape index (κ2) is 5.73. The lowest BCUT2D eigenvalue weighted by atomic mass is 10.1. The lowest BCUT2D eigenvalue weighted by Gasteiger charge is -2.35. The summed E-state index contributed by atoms with van der Waals surface area (Å²) in [5, 5.41) is 7.24. The minimum Gasteiger partial charge on any atom is -0.378 e. The third kappa shape index (κ3) is 2.73. The summed E-state index contributed by atoms with van der Waals surface area (Å²) in [5.74, 6) is 0. The predicted molar refractivity (Wildman–Crippen MR) is 76.3 cm³/mol. The standard InChI is InChI=1S/C15H20N4O/c1-11-7-17-18-15(11)14-10-20-6-5-19(14)9-13-4-3-12(2)16-8-13/h3-4,7-8,14H,5-6,9-10H2,1-2H3,(H,17,18)/t14-/m0/s1. The minimum absolute atomic E-state index is 0.243. The molecule has 0 aromatic carbocycles. The molecule has 0 radical (unpaired) electrons. The van der Waals surface area contributed by atoms with Gasteiger partial charge < -0.3 is 4.74 Å². The quantitative estimate of drug-likeness (QED) is 0.928. The van der Waals surface area contributed by atoms with Crippen molar-refractivity contribution in [3.63, 3.8) is 0 Å². The van der Waals surface area contributed by atoms with Gasteiger partial charge in [-0.3, -0.25) is 15.0 Å². The maximum absolute atomic E-state index is 5.64. The van der Waals surface area contributed by atoms with Gasteiger partial charge in [0.25, 0.3) is 0 Å². The minimum atomic E-state index is 0.243. The molecule has 2 aromatic heterocycles. The maximum Gasteiger partial charge on any atom is 0.0758 e. The van der Waals surface area contributed by atoms with Crippen molar-refractivity contribution in [3.8, 4) is 0 Å². The molecule has 0 spiro atoms. The van der Waals surface area contributed by atoms with Gasteiger partial charge in [-0.25, -0.2) is 0 Å². The van der Waals surface area contributed by atoms with Crippen LogP contribution in [0.3, 0.4) is 0 Å². The van der Waals surface area contributed by atoms with E-state index in [-0.39, 0.29) is 6.04 Å². The summed E-state index contributed by atoms with van der Waals surface area (Å²) in [6, 6.07) is 4.45. The number of pyridine rings is 1. The molecule has 0 unspecified atom stereocenters. The van der Waals surface area contributed by atoms with Crippen molar-refractivity contribution in [3.05, 3.63) is 47.0 Å². The predicted octanol–water partition coefficient (Wildman–Crippen LogP) is 2.00. The fourth-order valence-electron chi connectivity index (χ4n) is 2.61. The Hall–Kier alpha value is -1.72. The van der Waals surface area contributed by atoms with Crippen LogP contribution in [-0.2, 0) is 11.3 Å². The van der Waals surface area contributed by atoms with Crippen LogP contribution in [0.1, 0.15) is 28.6 Å². The van der Waals surface area contributed by atoms with Crippen molar-refractivity contribution in [1.82, 2.24) is 20.1 Å². The third-order valence-corrected chi connectivity index (χ3v) is 3.80. The first kappa shape index (κ1) is 13.3. The zero-order chi connectivity index (χ0) is 13.9. The number of hydrogen-bond acceptors (Lipinski definition) is 4. The van der Waals surface area contributed by atoms with E-state index in [0.29, 0.717) is 6.61 Å². The SMILES string of the molecule is Cc1ccc(CN2CCOC[C@H]2c2[nH]ncc2C)cn1. The largest absolute Gasteiger partial charge is 0.378 e. The lowest BCUT2D eigenvalue weighted by Crippen LogP contribution is -2.39. The number of hydrogen-bond donors (Lipinski definition) is 1. The Morgan fingerprint density at radius 3 is 2.95 bits per heavy atom. The number of aromatic nitrogens is 3. The molecule has 0 amide bonds. The second-order valence-electron chi connectivity index (χ2n) is 5.34. The van der Waals surface area contributed by atoms with Gasteiger partial charge in [0, 0.05) is 25.0 Å². The Balaban J connectivity index is 1.79. The van der Waals surface area contributed by atoms with E-state index in [1.165, 1.54) is 11.1 Å². The molecule has 5 heteroatoms. The number of morpholine rings is 1. The van der Waals surface area contributed by atoms with Crippen LogP contribution < -0.4 is 0 Å². The smallest absolute Gasteiger partial charge is 0.0758 e. The van der Waals surface area contributed by atoms with Crippen LogP contribution in [0.4, 0.5) is 0 Å². The van der Waals surface area contributed by atoms with Gasteiger partial charge in [0.15, 0.2) is 0 Å². The average molecular weight is 272 g/mol. The van der Waals surface area contributed by atoms with Crippen LogP contribution >= 0.6 is 0 Å². The van der Waals surface area contributed by atoms with Crippen molar-refractivity contribution >= 4 is 0 Å². The summed E-state index contributed by atoms with van der Waals surface area (Å²) >= 11 is 0. The molecule has 0 aliphatic carbocycles. The molecule has 0 bridgehead atoms. The number of nitrogens with zero attached hydrogens (tertiary/aromatic N) is 3. The van der Waals surface area contributed by atoms with Crippen LogP contribution in [0, 0.1) is 13.8 Å². The van der Waals surface area contributed by atoms with Crippen LogP contribution in [0.15, 0.2) is 24.5 Å². The molecule has 1 atom stereocenters. The van der Waals surface area contributed by atoms with E-state index >= 15 is 0 Å². The summed E-state index contributed by atoms with van der Waals surface area (Å²) in [7, 11) is 0. The van der Waals surface area contributed by atoms with E-state index in [0.717, 1.165) is 31.1 Å². The van der Waals surface area contributed by atoms with Gasteiger partial charge in [-0.1, -0.05) is 6.07 Å². The summed E-state index contributed by atoms with van der Waals surface area (Å²) in [4.78, 5) is 6.80.